The molecule has 0 radical (unpaired) electrons. The Morgan fingerprint density at radius 1 is 1.64 bits per heavy atom. The Labute approximate surface area is 96.4 Å². The minimum absolute atomic E-state index is 0.335. The number of rotatable bonds is 1. The highest BCUT2D eigenvalue weighted by atomic mass is 127. The molecule has 0 spiro atoms. The molecule has 14 heavy (non-hydrogen) atoms. The van der Waals surface area contributed by atoms with Crippen LogP contribution in [0.2, 0.25) is 0 Å². The Morgan fingerprint density at radius 3 is 3.00 bits per heavy atom. The molecule has 1 aliphatic heterocycles. The second-order valence-electron chi connectivity index (χ2n) is 3.61. The van der Waals surface area contributed by atoms with Crippen LogP contribution in [0.25, 0.3) is 0 Å². The number of nitrogen functional groups attached to an aromatic ring is 1. The first-order valence-electron chi connectivity index (χ1n) is 4.54. The molecule has 1 aromatic rings. The van der Waals surface area contributed by atoms with Gasteiger partial charge in [-0.2, -0.15) is 0 Å². The summed E-state index contributed by atoms with van der Waals surface area (Å²) in [5.41, 5.74) is 5.40. The third-order valence-electron chi connectivity index (χ3n) is 2.46. The number of anilines is 1. The van der Waals surface area contributed by atoms with Gasteiger partial charge in [0.1, 0.15) is 11.4 Å². The zero-order valence-electron chi connectivity index (χ0n) is 7.96. The number of ether oxygens (including phenoxy) is 1. The summed E-state index contributed by atoms with van der Waals surface area (Å²) < 4.78 is 6.52. The molecule has 2 N–H and O–H groups in total. The van der Waals surface area contributed by atoms with E-state index >= 15 is 0 Å². The van der Waals surface area contributed by atoms with Crippen LogP contribution in [0.15, 0.2) is 6.20 Å². The molecule has 1 unspecified atom stereocenters. The van der Waals surface area contributed by atoms with Crippen LogP contribution in [0.4, 0.5) is 5.82 Å². The summed E-state index contributed by atoms with van der Waals surface area (Å²) in [5, 5.41) is 0. The molecule has 2 rings (SSSR count). The molecular weight excluding hydrogens is 293 g/mol. The van der Waals surface area contributed by atoms with Crippen molar-refractivity contribution in [1.82, 2.24) is 9.97 Å². The minimum atomic E-state index is -0.335. The van der Waals surface area contributed by atoms with Gasteiger partial charge in [0, 0.05) is 12.8 Å². The monoisotopic (exact) mass is 305 g/mol. The number of nitrogens with zero attached hydrogens (tertiary/aromatic N) is 2. The van der Waals surface area contributed by atoms with Gasteiger partial charge in [0.25, 0.3) is 0 Å². The van der Waals surface area contributed by atoms with Crippen molar-refractivity contribution in [2.24, 2.45) is 0 Å². The molecule has 5 heteroatoms. The van der Waals surface area contributed by atoms with E-state index in [-0.39, 0.29) is 5.60 Å². The van der Waals surface area contributed by atoms with E-state index in [9.17, 15) is 0 Å². The van der Waals surface area contributed by atoms with Gasteiger partial charge in [-0.15, -0.1) is 0 Å². The maximum atomic E-state index is 5.73. The minimum Gasteiger partial charge on any atom is -0.383 e. The summed E-state index contributed by atoms with van der Waals surface area (Å²) in [6, 6.07) is 0. The third-order valence-corrected chi connectivity index (χ3v) is 3.29. The number of hydrogen-bond donors (Lipinski definition) is 1. The molecule has 1 atom stereocenters. The molecule has 0 saturated carbocycles. The van der Waals surface area contributed by atoms with Crippen LogP contribution in [0, 0.1) is 3.57 Å². The van der Waals surface area contributed by atoms with Gasteiger partial charge < -0.3 is 10.5 Å². The van der Waals surface area contributed by atoms with Crippen LogP contribution < -0.4 is 5.73 Å². The maximum Gasteiger partial charge on any atom is 0.162 e. The highest BCUT2D eigenvalue weighted by Gasteiger charge is 2.34. The topological polar surface area (TPSA) is 61.0 Å². The lowest BCUT2D eigenvalue weighted by Crippen LogP contribution is -2.24. The molecule has 76 valence electrons. The quantitative estimate of drug-likeness (QED) is 0.802. The van der Waals surface area contributed by atoms with E-state index in [1.54, 1.807) is 6.20 Å². The van der Waals surface area contributed by atoms with Crippen LogP contribution in [0.5, 0.6) is 0 Å². The van der Waals surface area contributed by atoms with Crippen molar-refractivity contribution in [1.29, 1.82) is 0 Å². The van der Waals surface area contributed by atoms with E-state index in [2.05, 4.69) is 32.6 Å². The summed E-state index contributed by atoms with van der Waals surface area (Å²) in [6.07, 6.45) is 3.77. The van der Waals surface area contributed by atoms with Crippen molar-refractivity contribution in [3.8, 4) is 0 Å². The van der Waals surface area contributed by atoms with E-state index in [0.29, 0.717) is 11.6 Å². The summed E-state index contributed by atoms with van der Waals surface area (Å²) >= 11 is 2.12. The van der Waals surface area contributed by atoms with Gasteiger partial charge in [0.15, 0.2) is 5.82 Å². The predicted molar refractivity (Wildman–Crippen MR) is 61.7 cm³/mol. The second-order valence-corrected chi connectivity index (χ2v) is 4.77. The zero-order valence-corrected chi connectivity index (χ0v) is 10.1. The fourth-order valence-corrected chi connectivity index (χ4v) is 1.85. The fourth-order valence-electron chi connectivity index (χ4n) is 1.59. The fraction of sp³-hybridized carbons (Fsp3) is 0.556. The summed E-state index contributed by atoms with van der Waals surface area (Å²) in [6.45, 7) is 2.80. The molecule has 0 aromatic carbocycles. The standard InChI is InChI=1S/C9H12IN3O/c1-9(3-2-4-14-9)8-12-5-6(10)7(11)13-8/h5H,2-4H2,1H3,(H2,11,12,13). The smallest absolute Gasteiger partial charge is 0.162 e. The number of nitrogens with two attached hydrogens (primary N) is 1. The van der Waals surface area contributed by atoms with Gasteiger partial charge in [-0.3, -0.25) is 0 Å². The van der Waals surface area contributed by atoms with Crippen molar-refractivity contribution < 1.29 is 4.74 Å². The van der Waals surface area contributed by atoms with E-state index in [0.717, 1.165) is 23.0 Å². The first-order chi connectivity index (χ1) is 6.62. The SMILES string of the molecule is CC1(c2ncc(I)c(N)n2)CCCO1. The van der Waals surface area contributed by atoms with Crippen LogP contribution in [-0.2, 0) is 10.3 Å². The number of hydrogen-bond acceptors (Lipinski definition) is 4. The van der Waals surface area contributed by atoms with Gasteiger partial charge in [0.2, 0.25) is 0 Å². The lowest BCUT2D eigenvalue weighted by atomic mass is 10.0. The molecule has 4 nitrogen and oxygen atoms in total. The van der Waals surface area contributed by atoms with E-state index in [4.69, 9.17) is 10.5 Å². The van der Waals surface area contributed by atoms with Crippen molar-refractivity contribution in [2.45, 2.75) is 25.4 Å². The average molecular weight is 305 g/mol. The van der Waals surface area contributed by atoms with Gasteiger partial charge in [0.05, 0.1) is 3.57 Å². The van der Waals surface area contributed by atoms with Gasteiger partial charge >= 0.3 is 0 Å². The van der Waals surface area contributed by atoms with E-state index < -0.39 is 0 Å². The maximum absolute atomic E-state index is 5.73. The molecule has 0 aliphatic carbocycles. The Morgan fingerprint density at radius 2 is 2.43 bits per heavy atom. The highest BCUT2D eigenvalue weighted by Crippen LogP contribution is 2.33. The Bertz CT molecular complexity index is 350. The van der Waals surface area contributed by atoms with Crippen molar-refractivity contribution in [3.63, 3.8) is 0 Å². The van der Waals surface area contributed by atoms with Gasteiger partial charge in [-0.1, -0.05) is 0 Å². The molecule has 0 amide bonds. The van der Waals surface area contributed by atoms with Gasteiger partial charge in [-0.25, -0.2) is 9.97 Å². The van der Waals surface area contributed by atoms with Crippen LogP contribution >= 0.6 is 22.6 Å². The van der Waals surface area contributed by atoms with Crippen molar-refractivity contribution in [2.75, 3.05) is 12.3 Å². The van der Waals surface area contributed by atoms with Crippen LogP contribution in [-0.4, -0.2) is 16.6 Å². The molecule has 1 aliphatic rings. The lowest BCUT2D eigenvalue weighted by molar-refractivity contribution is 0.00941. The van der Waals surface area contributed by atoms with Gasteiger partial charge in [-0.05, 0) is 42.4 Å². The lowest BCUT2D eigenvalue weighted by Gasteiger charge is -2.21. The normalized spacial score (nSPS) is 26.7. The molecular formula is C9H12IN3O. The van der Waals surface area contributed by atoms with Crippen molar-refractivity contribution in [3.05, 3.63) is 15.6 Å². The van der Waals surface area contributed by atoms with Crippen LogP contribution in [0.1, 0.15) is 25.6 Å². The highest BCUT2D eigenvalue weighted by molar-refractivity contribution is 14.1. The van der Waals surface area contributed by atoms with E-state index in [1.165, 1.54) is 0 Å². The predicted octanol–water partition coefficient (Wildman–Crippen LogP) is 1.69. The Kier molecular flexibility index (Phi) is 2.61. The zero-order chi connectivity index (χ0) is 10.2. The first-order valence-corrected chi connectivity index (χ1v) is 5.62. The number of aromatic nitrogens is 2. The molecule has 1 saturated heterocycles. The third kappa shape index (κ3) is 1.70. The Balaban J connectivity index is 2.36. The average Bonchev–Trinajstić information content (AvgIpc) is 2.58. The number of halogens is 1. The summed E-state index contributed by atoms with van der Waals surface area (Å²) in [4.78, 5) is 8.53. The van der Waals surface area contributed by atoms with Crippen molar-refractivity contribution >= 4 is 28.4 Å². The molecule has 0 bridgehead atoms. The molecule has 1 aromatic heterocycles. The summed E-state index contributed by atoms with van der Waals surface area (Å²) in [5.74, 6) is 1.24. The first kappa shape index (κ1) is 10.1. The molecule has 2 heterocycles. The second kappa shape index (κ2) is 3.62. The Hall–Kier alpha value is -0.430. The summed E-state index contributed by atoms with van der Waals surface area (Å²) in [7, 11) is 0. The largest absolute Gasteiger partial charge is 0.383 e. The molecule has 1 fully saturated rings. The van der Waals surface area contributed by atoms with E-state index in [1.807, 2.05) is 6.92 Å². The van der Waals surface area contributed by atoms with Crippen LogP contribution in [0.3, 0.4) is 0 Å².